The number of Topliss-reactive ketones (excluding diaryl/α,β-unsaturated/α-hetero) is 1. The highest BCUT2D eigenvalue weighted by molar-refractivity contribution is 5.92. The summed E-state index contributed by atoms with van der Waals surface area (Å²) in [4.78, 5) is 24.7. The number of carbonyl (C=O) groups excluding carboxylic acids is 2. The van der Waals surface area contributed by atoms with Crippen LogP contribution in [0.25, 0.3) is 0 Å². The van der Waals surface area contributed by atoms with Gasteiger partial charge in [0.1, 0.15) is 5.78 Å². The van der Waals surface area contributed by atoms with Crippen molar-refractivity contribution >= 4 is 11.6 Å². The van der Waals surface area contributed by atoms with E-state index >= 15 is 0 Å². The predicted molar refractivity (Wildman–Crippen MR) is 83.1 cm³/mol. The standard InChI is InChI=1S/C19H26O3/c1-2-19-10-16(21)18-13-6-4-12(20)9-11(13)3-5-14(18)15(19)7-8-17(19)22/h9,13-15,17-18,22H,2-8,10H2,1H3. The summed E-state index contributed by atoms with van der Waals surface area (Å²) in [5, 5.41) is 10.5. The van der Waals surface area contributed by atoms with Crippen molar-refractivity contribution in [3.63, 3.8) is 0 Å². The number of rotatable bonds is 1. The van der Waals surface area contributed by atoms with E-state index in [1.165, 1.54) is 5.57 Å². The van der Waals surface area contributed by atoms with Gasteiger partial charge in [0.15, 0.2) is 5.78 Å². The van der Waals surface area contributed by atoms with Crippen molar-refractivity contribution in [2.75, 3.05) is 0 Å². The van der Waals surface area contributed by atoms with E-state index in [-0.39, 0.29) is 23.2 Å². The molecule has 22 heavy (non-hydrogen) atoms. The maximum absolute atomic E-state index is 13.0. The quantitative estimate of drug-likeness (QED) is 0.810. The zero-order chi connectivity index (χ0) is 15.5. The molecule has 6 unspecified atom stereocenters. The van der Waals surface area contributed by atoms with Crippen LogP contribution in [0.2, 0.25) is 0 Å². The number of allylic oxidation sites excluding steroid dienone is 1. The number of aliphatic hydroxyl groups is 1. The van der Waals surface area contributed by atoms with Crippen molar-refractivity contribution in [2.45, 2.75) is 64.4 Å². The van der Waals surface area contributed by atoms with Gasteiger partial charge in [0, 0.05) is 24.2 Å². The first kappa shape index (κ1) is 14.6. The first-order chi connectivity index (χ1) is 10.6. The number of carbonyl (C=O) groups is 2. The highest BCUT2D eigenvalue weighted by Gasteiger charge is 2.60. The molecule has 6 atom stereocenters. The minimum Gasteiger partial charge on any atom is -0.393 e. The zero-order valence-electron chi connectivity index (χ0n) is 13.4. The van der Waals surface area contributed by atoms with Crippen LogP contribution >= 0.6 is 0 Å². The number of hydrogen-bond acceptors (Lipinski definition) is 3. The Balaban J connectivity index is 1.70. The van der Waals surface area contributed by atoms with Gasteiger partial charge in [-0.1, -0.05) is 12.5 Å². The molecule has 0 saturated heterocycles. The zero-order valence-corrected chi connectivity index (χ0v) is 13.4. The Hall–Kier alpha value is -0.960. The molecule has 0 radical (unpaired) electrons. The molecule has 3 heteroatoms. The Labute approximate surface area is 132 Å². The first-order valence-corrected chi connectivity index (χ1v) is 9.01. The molecule has 3 fully saturated rings. The fourth-order valence-corrected chi connectivity index (χ4v) is 6.38. The van der Waals surface area contributed by atoms with Crippen LogP contribution in [0, 0.1) is 29.1 Å². The third-order valence-corrected chi connectivity index (χ3v) is 7.39. The predicted octanol–water partition coefficient (Wildman–Crippen LogP) is 3.06. The number of aliphatic hydroxyl groups excluding tert-OH is 1. The molecule has 0 aromatic heterocycles. The van der Waals surface area contributed by atoms with E-state index in [1.807, 2.05) is 6.08 Å². The van der Waals surface area contributed by atoms with Crippen LogP contribution in [0.5, 0.6) is 0 Å². The second-order valence-corrected chi connectivity index (χ2v) is 7.99. The van der Waals surface area contributed by atoms with Gasteiger partial charge in [-0.2, -0.15) is 0 Å². The lowest BCUT2D eigenvalue weighted by Gasteiger charge is -2.53. The first-order valence-electron chi connectivity index (χ1n) is 9.01. The molecular weight excluding hydrogens is 276 g/mol. The summed E-state index contributed by atoms with van der Waals surface area (Å²) >= 11 is 0. The molecule has 0 bridgehead atoms. The van der Waals surface area contributed by atoms with Crippen molar-refractivity contribution in [1.29, 1.82) is 0 Å². The Morgan fingerprint density at radius 2 is 2.00 bits per heavy atom. The van der Waals surface area contributed by atoms with E-state index < -0.39 is 0 Å². The molecule has 0 heterocycles. The van der Waals surface area contributed by atoms with Crippen LogP contribution in [0.3, 0.4) is 0 Å². The van der Waals surface area contributed by atoms with Crippen molar-refractivity contribution in [1.82, 2.24) is 0 Å². The molecule has 0 aromatic carbocycles. The molecule has 3 saturated carbocycles. The van der Waals surface area contributed by atoms with Crippen molar-refractivity contribution in [3.8, 4) is 0 Å². The monoisotopic (exact) mass is 302 g/mol. The molecule has 0 amide bonds. The van der Waals surface area contributed by atoms with Crippen LogP contribution in [0.1, 0.15) is 58.3 Å². The van der Waals surface area contributed by atoms with Crippen LogP contribution in [0.15, 0.2) is 11.6 Å². The highest BCUT2D eigenvalue weighted by atomic mass is 16.3. The SMILES string of the molecule is CCC12CC(=O)C3C4CCC(=O)C=C4CCC3C1CCC2O. The Morgan fingerprint density at radius 3 is 2.77 bits per heavy atom. The fraction of sp³-hybridized carbons (Fsp3) is 0.789. The van der Waals surface area contributed by atoms with Crippen LogP contribution < -0.4 is 0 Å². The summed E-state index contributed by atoms with van der Waals surface area (Å²) in [5.41, 5.74) is 1.10. The van der Waals surface area contributed by atoms with Gasteiger partial charge in [-0.15, -0.1) is 0 Å². The van der Waals surface area contributed by atoms with E-state index in [4.69, 9.17) is 0 Å². The molecule has 0 spiro atoms. The molecule has 4 rings (SSSR count). The average molecular weight is 302 g/mol. The van der Waals surface area contributed by atoms with Crippen molar-refractivity contribution < 1.29 is 14.7 Å². The van der Waals surface area contributed by atoms with Gasteiger partial charge in [-0.25, -0.2) is 0 Å². The summed E-state index contributed by atoms with van der Waals surface area (Å²) in [6.45, 7) is 2.14. The van der Waals surface area contributed by atoms with Gasteiger partial charge in [0.2, 0.25) is 0 Å². The lowest BCUT2D eigenvalue weighted by molar-refractivity contribution is -0.145. The molecule has 3 nitrogen and oxygen atoms in total. The average Bonchev–Trinajstić information content (AvgIpc) is 2.84. The Morgan fingerprint density at radius 1 is 1.18 bits per heavy atom. The van der Waals surface area contributed by atoms with E-state index in [1.54, 1.807) is 0 Å². The van der Waals surface area contributed by atoms with Gasteiger partial charge >= 0.3 is 0 Å². The van der Waals surface area contributed by atoms with E-state index in [0.717, 1.165) is 38.5 Å². The maximum atomic E-state index is 13.0. The highest BCUT2D eigenvalue weighted by Crippen LogP contribution is 2.61. The third-order valence-electron chi connectivity index (χ3n) is 7.39. The summed E-state index contributed by atoms with van der Waals surface area (Å²) in [5.74, 6) is 2.00. The van der Waals surface area contributed by atoms with E-state index in [0.29, 0.717) is 36.4 Å². The van der Waals surface area contributed by atoms with Gasteiger partial charge in [-0.05, 0) is 62.4 Å². The number of fused-ring (bicyclic) bond motifs is 5. The number of ketones is 2. The second-order valence-electron chi connectivity index (χ2n) is 7.99. The topological polar surface area (TPSA) is 54.4 Å². The molecule has 0 aliphatic heterocycles. The molecular formula is C19H26O3. The third kappa shape index (κ3) is 1.84. The largest absolute Gasteiger partial charge is 0.393 e. The second kappa shape index (κ2) is 5.02. The fourth-order valence-electron chi connectivity index (χ4n) is 6.38. The Kier molecular flexibility index (Phi) is 3.34. The van der Waals surface area contributed by atoms with Gasteiger partial charge < -0.3 is 5.11 Å². The summed E-state index contributed by atoms with van der Waals surface area (Å²) in [7, 11) is 0. The molecule has 120 valence electrons. The Bertz CT molecular complexity index is 549. The van der Waals surface area contributed by atoms with Crippen LogP contribution in [-0.2, 0) is 9.59 Å². The van der Waals surface area contributed by atoms with Crippen molar-refractivity contribution in [3.05, 3.63) is 11.6 Å². The summed E-state index contributed by atoms with van der Waals surface area (Å²) in [6.07, 6.45) is 8.45. The lowest BCUT2D eigenvalue weighted by atomic mass is 9.50. The molecule has 0 aromatic rings. The summed E-state index contributed by atoms with van der Waals surface area (Å²) < 4.78 is 0. The minimum absolute atomic E-state index is 0.128. The minimum atomic E-state index is -0.294. The van der Waals surface area contributed by atoms with Crippen LogP contribution in [0.4, 0.5) is 0 Å². The van der Waals surface area contributed by atoms with E-state index in [2.05, 4.69) is 6.92 Å². The van der Waals surface area contributed by atoms with E-state index in [9.17, 15) is 14.7 Å². The molecule has 4 aliphatic carbocycles. The lowest BCUT2D eigenvalue weighted by Crippen LogP contribution is -2.53. The normalized spacial score (nSPS) is 47.5. The van der Waals surface area contributed by atoms with Crippen LogP contribution in [-0.4, -0.2) is 22.8 Å². The smallest absolute Gasteiger partial charge is 0.155 e. The van der Waals surface area contributed by atoms with Gasteiger partial charge in [0.05, 0.1) is 6.10 Å². The maximum Gasteiger partial charge on any atom is 0.155 e. The van der Waals surface area contributed by atoms with Crippen molar-refractivity contribution in [2.24, 2.45) is 29.1 Å². The molecule has 1 N–H and O–H groups in total. The molecule has 4 aliphatic rings. The van der Waals surface area contributed by atoms with Gasteiger partial charge in [0.25, 0.3) is 0 Å². The number of hydrogen-bond donors (Lipinski definition) is 1. The van der Waals surface area contributed by atoms with Gasteiger partial charge in [-0.3, -0.25) is 9.59 Å². The summed E-state index contributed by atoms with van der Waals surface area (Å²) in [6, 6.07) is 0.